The quantitative estimate of drug-likeness (QED) is 0.681. The number of fused-ring (bicyclic) bond motifs is 1. The fraction of sp³-hybridized carbons (Fsp3) is 0. The van der Waals surface area contributed by atoms with Gasteiger partial charge in [-0.1, -0.05) is 0 Å². The van der Waals surface area contributed by atoms with Crippen molar-refractivity contribution >= 4 is 23.7 Å². The first kappa shape index (κ1) is 9.59. The smallest absolute Gasteiger partial charge is 0.326 e. The van der Waals surface area contributed by atoms with E-state index in [0.717, 1.165) is 11.1 Å². The molecule has 17 heavy (non-hydrogen) atoms. The molecule has 2 aromatic heterocycles. The molecule has 1 aliphatic heterocycles. The summed E-state index contributed by atoms with van der Waals surface area (Å²) in [6.07, 6.45) is 4.95. The number of aliphatic imine (C=N–C) groups is 1. The van der Waals surface area contributed by atoms with Gasteiger partial charge in [-0.2, -0.15) is 0 Å². The molecule has 0 unspecified atom stereocenters. The van der Waals surface area contributed by atoms with Crippen molar-refractivity contribution in [1.82, 2.24) is 15.0 Å². The van der Waals surface area contributed by atoms with Crippen molar-refractivity contribution in [2.45, 2.75) is 0 Å². The van der Waals surface area contributed by atoms with Gasteiger partial charge in [0.2, 0.25) is 5.88 Å². The number of pyridine rings is 1. The zero-order valence-corrected chi connectivity index (χ0v) is 8.64. The standard InChI is InChI=1S/C11H8N4O2/c16-10-8(14-11(17)15-10)4-6-5-13-9-7(6)2-1-3-12-9/h1-5,16H,(H2,14,15,17). The highest BCUT2D eigenvalue weighted by atomic mass is 16.3. The van der Waals surface area contributed by atoms with Crippen LogP contribution in [-0.2, 0) is 0 Å². The van der Waals surface area contributed by atoms with E-state index in [2.05, 4.69) is 19.9 Å². The third-order valence-corrected chi connectivity index (χ3v) is 2.46. The van der Waals surface area contributed by atoms with Gasteiger partial charge in [0.15, 0.2) is 5.82 Å². The molecule has 84 valence electrons. The summed E-state index contributed by atoms with van der Waals surface area (Å²) in [5, 5.41) is 9.45. The number of H-pyrrole nitrogens is 2. The lowest BCUT2D eigenvalue weighted by atomic mass is 10.1. The van der Waals surface area contributed by atoms with Gasteiger partial charge < -0.3 is 10.1 Å². The molecule has 1 aliphatic rings. The first-order valence-electron chi connectivity index (χ1n) is 4.96. The molecule has 3 heterocycles. The lowest BCUT2D eigenvalue weighted by molar-refractivity contribution is 0.454. The number of nitrogens with zero attached hydrogens (tertiary/aromatic N) is 2. The summed E-state index contributed by atoms with van der Waals surface area (Å²) in [7, 11) is 0. The zero-order chi connectivity index (χ0) is 11.8. The Morgan fingerprint density at radius 3 is 3.00 bits per heavy atom. The van der Waals surface area contributed by atoms with E-state index in [1.54, 1.807) is 24.6 Å². The Morgan fingerprint density at radius 1 is 1.35 bits per heavy atom. The van der Waals surface area contributed by atoms with Gasteiger partial charge in [0.1, 0.15) is 5.69 Å². The van der Waals surface area contributed by atoms with Crippen LogP contribution in [0.25, 0.3) is 11.6 Å². The van der Waals surface area contributed by atoms with Crippen LogP contribution in [0.5, 0.6) is 5.88 Å². The third kappa shape index (κ3) is 1.55. The van der Waals surface area contributed by atoms with Gasteiger partial charge in [0.25, 0.3) is 0 Å². The molecule has 0 spiro atoms. The van der Waals surface area contributed by atoms with E-state index < -0.39 is 5.69 Å². The van der Waals surface area contributed by atoms with E-state index in [1.165, 1.54) is 0 Å². The van der Waals surface area contributed by atoms with Crippen molar-refractivity contribution in [3.8, 4) is 5.88 Å². The molecule has 0 aromatic carbocycles. The summed E-state index contributed by atoms with van der Waals surface area (Å²) in [5.74, 6) is 0.448. The van der Waals surface area contributed by atoms with Gasteiger partial charge in [-0.05, 0) is 18.2 Å². The predicted molar refractivity (Wildman–Crippen MR) is 63.3 cm³/mol. The van der Waals surface area contributed by atoms with Gasteiger partial charge in [-0.25, -0.2) is 14.8 Å². The highest BCUT2D eigenvalue weighted by Crippen LogP contribution is 2.30. The Morgan fingerprint density at radius 2 is 2.24 bits per heavy atom. The fourth-order valence-corrected chi connectivity index (χ4v) is 1.69. The highest BCUT2D eigenvalue weighted by molar-refractivity contribution is 6.20. The van der Waals surface area contributed by atoms with Crippen LogP contribution in [0.1, 0.15) is 11.3 Å². The Kier molecular flexibility index (Phi) is 1.94. The van der Waals surface area contributed by atoms with Crippen LogP contribution in [0.3, 0.4) is 0 Å². The minimum atomic E-state index is -0.448. The number of aromatic nitrogens is 3. The van der Waals surface area contributed by atoms with Gasteiger partial charge >= 0.3 is 5.69 Å². The molecule has 6 nitrogen and oxygen atoms in total. The number of rotatable bonds is 1. The molecule has 0 bridgehead atoms. The maximum absolute atomic E-state index is 11.0. The van der Waals surface area contributed by atoms with Crippen molar-refractivity contribution in [2.24, 2.45) is 4.99 Å². The highest BCUT2D eigenvalue weighted by Gasteiger charge is 2.13. The van der Waals surface area contributed by atoms with E-state index in [-0.39, 0.29) is 5.88 Å². The SMILES string of the molecule is O=c1[nH]c(O)c(C=C2C=Nc3ncccc32)[nH]1. The zero-order valence-electron chi connectivity index (χ0n) is 8.64. The van der Waals surface area contributed by atoms with Crippen LogP contribution >= 0.6 is 0 Å². The van der Waals surface area contributed by atoms with Crippen molar-refractivity contribution in [2.75, 3.05) is 0 Å². The first-order valence-corrected chi connectivity index (χ1v) is 4.96. The van der Waals surface area contributed by atoms with Gasteiger partial charge in [-0.15, -0.1) is 0 Å². The third-order valence-electron chi connectivity index (χ3n) is 2.46. The second-order valence-electron chi connectivity index (χ2n) is 3.57. The number of aromatic hydroxyl groups is 1. The van der Waals surface area contributed by atoms with E-state index in [0.29, 0.717) is 11.5 Å². The largest absolute Gasteiger partial charge is 0.493 e. The minimum absolute atomic E-state index is 0.187. The lowest BCUT2D eigenvalue weighted by Gasteiger charge is -1.97. The number of nitrogens with one attached hydrogen (secondary N) is 2. The Balaban J connectivity index is 2.11. The van der Waals surface area contributed by atoms with Crippen molar-refractivity contribution in [3.63, 3.8) is 0 Å². The van der Waals surface area contributed by atoms with Gasteiger partial charge in [0.05, 0.1) is 0 Å². The van der Waals surface area contributed by atoms with Gasteiger partial charge in [-0.3, -0.25) is 4.98 Å². The summed E-state index contributed by atoms with van der Waals surface area (Å²) in [6, 6.07) is 3.68. The normalized spacial score (nSPS) is 15.4. The number of hydrogen-bond acceptors (Lipinski definition) is 4. The lowest BCUT2D eigenvalue weighted by Crippen LogP contribution is -2.00. The maximum Gasteiger partial charge on any atom is 0.326 e. The fourth-order valence-electron chi connectivity index (χ4n) is 1.69. The summed E-state index contributed by atoms with van der Waals surface area (Å²) < 4.78 is 0. The molecule has 0 amide bonds. The summed E-state index contributed by atoms with van der Waals surface area (Å²) >= 11 is 0. The number of imidazole rings is 1. The molecule has 3 rings (SSSR count). The molecule has 3 N–H and O–H groups in total. The molecule has 0 radical (unpaired) electrons. The monoisotopic (exact) mass is 228 g/mol. The number of hydrogen-bond donors (Lipinski definition) is 3. The van der Waals surface area contributed by atoms with E-state index in [1.807, 2.05) is 6.07 Å². The minimum Gasteiger partial charge on any atom is -0.493 e. The molecule has 0 fully saturated rings. The van der Waals surface area contributed by atoms with Crippen molar-refractivity contribution in [3.05, 3.63) is 40.1 Å². The maximum atomic E-state index is 11.0. The van der Waals surface area contributed by atoms with E-state index in [4.69, 9.17) is 0 Å². The second kappa shape index (κ2) is 3.44. The first-order chi connectivity index (χ1) is 8.24. The van der Waals surface area contributed by atoms with Crippen molar-refractivity contribution < 1.29 is 5.11 Å². The Labute approximate surface area is 95.4 Å². The Bertz CT molecular complexity index is 693. The van der Waals surface area contributed by atoms with Crippen LogP contribution in [0.15, 0.2) is 28.1 Å². The number of aromatic amines is 2. The van der Waals surface area contributed by atoms with Crippen LogP contribution in [0, 0.1) is 0 Å². The molecular weight excluding hydrogens is 220 g/mol. The topological polar surface area (TPSA) is 94.1 Å². The summed E-state index contributed by atoms with van der Waals surface area (Å²) in [6.45, 7) is 0. The summed E-state index contributed by atoms with van der Waals surface area (Å²) in [5.41, 5.74) is 1.54. The Hall–Kier alpha value is -2.63. The van der Waals surface area contributed by atoms with E-state index in [9.17, 15) is 9.90 Å². The molecular formula is C11H8N4O2. The second-order valence-corrected chi connectivity index (χ2v) is 3.57. The molecule has 0 atom stereocenters. The van der Waals surface area contributed by atoms with Gasteiger partial charge in [0, 0.05) is 23.5 Å². The van der Waals surface area contributed by atoms with Crippen LogP contribution in [0.2, 0.25) is 0 Å². The molecule has 2 aromatic rings. The predicted octanol–water partition coefficient (Wildman–Crippen LogP) is 1.06. The van der Waals surface area contributed by atoms with E-state index >= 15 is 0 Å². The molecule has 6 heteroatoms. The number of allylic oxidation sites excluding steroid dienone is 1. The van der Waals surface area contributed by atoms with Crippen LogP contribution in [0.4, 0.5) is 5.82 Å². The van der Waals surface area contributed by atoms with Crippen LogP contribution < -0.4 is 5.69 Å². The average molecular weight is 228 g/mol. The average Bonchev–Trinajstić information content (AvgIpc) is 2.85. The molecule has 0 saturated heterocycles. The molecule has 0 saturated carbocycles. The summed E-state index contributed by atoms with van der Waals surface area (Å²) in [4.78, 5) is 23.9. The van der Waals surface area contributed by atoms with Crippen molar-refractivity contribution in [1.29, 1.82) is 0 Å². The van der Waals surface area contributed by atoms with Crippen LogP contribution in [-0.4, -0.2) is 26.3 Å². The molecule has 0 aliphatic carbocycles.